The average Bonchev–Trinajstić information content (AvgIpc) is 2.72. The van der Waals surface area contributed by atoms with Crippen molar-refractivity contribution in [2.24, 2.45) is 0 Å². The van der Waals surface area contributed by atoms with Gasteiger partial charge in [-0.2, -0.15) is 0 Å². The van der Waals surface area contributed by atoms with Crippen LogP contribution in [0.5, 0.6) is 0 Å². The smallest absolute Gasteiger partial charge is 0.254 e. The predicted octanol–water partition coefficient (Wildman–Crippen LogP) is 3.53. The molecule has 1 amide bonds. The minimum Gasteiger partial charge on any atom is -0.372 e. The summed E-state index contributed by atoms with van der Waals surface area (Å²) in [7, 11) is 0. The van der Waals surface area contributed by atoms with Gasteiger partial charge in [-0.15, -0.1) is 0 Å². The van der Waals surface area contributed by atoms with Gasteiger partial charge in [0.05, 0.1) is 12.0 Å². The van der Waals surface area contributed by atoms with Gasteiger partial charge in [0.25, 0.3) is 5.56 Å². The lowest BCUT2D eigenvalue weighted by Crippen LogP contribution is -2.27. The van der Waals surface area contributed by atoms with Crippen LogP contribution in [0.2, 0.25) is 0 Å². The molecule has 150 valence electrons. The summed E-state index contributed by atoms with van der Waals surface area (Å²) in [5.74, 6) is -0.678. The highest BCUT2D eigenvalue weighted by atomic mass is 19.1. The van der Waals surface area contributed by atoms with Crippen LogP contribution in [-0.4, -0.2) is 28.5 Å². The standard InChI is InChI=1S/C22H23FN4O2/c1-3-26(4-2)19-11-9-18(10-12-19)25-21(28)14-27-15-24-20(13-22(27)29)16-5-7-17(23)8-6-16/h5-13,15H,3-4,14H2,1-2H3,(H,25,28). The normalized spacial score (nSPS) is 10.6. The predicted molar refractivity (Wildman–Crippen MR) is 113 cm³/mol. The number of aromatic nitrogens is 2. The summed E-state index contributed by atoms with van der Waals surface area (Å²) < 4.78 is 14.3. The molecule has 0 atom stereocenters. The number of carbonyl (C=O) groups excluding carboxylic acids is 1. The molecule has 1 aromatic heterocycles. The van der Waals surface area contributed by atoms with Crippen LogP contribution in [0.1, 0.15) is 13.8 Å². The lowest BCUT2D eigenvalue weighted by Gasteiger charge is -2.21. The van der Waals surface area contributed by atoms with E-state index in [9.17, 15) is 14.0 Å². The summed E-state index contributed by atoms with van der Waals surface area (Å²) in [6.45, 7) is 5.85. The molecule has 0 saturated carbocycles. The molecule has 0 unspecified atom stereocenters. The molecule has 0 fully saturated rings. The van der Waals surface area contributed by atoms with Crippen molar-refractivity contribution in [2.45, 2.75) is 20.4 Å². The third-order valence-corrected chi connectivity index (χ3v) is 4.61. The van der Waals surface area contributed by atoms with E-state index in [0.717, 1.165) is 18.8 Å². The molecule has 3 rings (SSSR count). The van der Waals surface area contributed by atoms with Crippen LogP contribution < -0.4 is 15.8 Å². The second-order valence-electron chi connectivity index (χ2n) is 6.51. The summed E-state index contributed by atoms with van der Waals surface area (Å²) >= 11 is 0. The van der Waals surface area contributed by atoms with Gasteiger partial charge in [-0.25, -0.2) is 9.37 Å². The number of carbonyl (C=O) groups is 1. The maximum atomic E-state index is 13.0. The van der Waals surface area contributed by atoms with Crippen molar-refractivity contribution in [1.29, 1.82) is 0 Å². The van der Waals surface area contributed by atoms with Crippen molar-refractivity contribution in [3.8, 4) is 11.3 Å². The molecule has 3 aromatic rings. The highest BCUT2D eigenvalue weighted by molar-refractivity contribution is 5.90. The highest BCUT2D eigenvalue weighted by Gasteiger charge is 2.09. The molecule has 7 heteroatoms. The van der Waals surface area contributed by atoms with Crippen LogP contribution in [0.25, 0.3) is 11.3 Å². The van der Waals surface area contributed by atoms with Gasteiger partial charge in [-0.05, 0) is 62.4 Å². The van der Waals surface area contributed by atoms with Crippen LogP contribution in [0.4, 0.5) is 15.8 Å². The summed E-state index contributed by atoms with van der Waals surface area (Å²) in [4.78, 5) is 31.0. The summed E-state index contributed by atoms with van der Waals surface area (Å²) in [6, 6.07) is 14.6. The van der Waals surface area contributed by atoms with Gasteiger partial charge >= 0.3 is 0 Å². The Morgan fingerprint density at radius 1 is 1.07 bits per heavy atom. The summed E-state index contributed by atoms with van der Waals surface area (Å²) in [5.41, 5.74) is 2.46. The quantitative estimate of drug-likeness (QED) is 0.666. The molecule has 6 nitrogen and oxygen atoms in total. The lowest BCUT2D eigenvalue weighted by molar-refractivity contribution is -0.116. The van der Waals surface area contributed by atoms with Crippen molar-refractivity contribution in [3.05, 3.63) is 77.1 Å². The number of hydrogen-bond acceptors (Lipinski definition) is 4. The average molecular weight is 394 g/mol. The fourth-order valence-corrected chi connectivity index (χ4v) is 3.02. The summed E-state index contributed by atoms with van der Waals surface area (Å²) in [5, 5.41) is 2.79. The van der Waals surface area contributed by atoms with Crippen LogP contribution >= 0.6 is 0 Å². The number of hydrogen-bond donors (Lipinski definition) is 1. The van der Waals surface area contributed by atoms with E-state index in [1.807, 2.05) is 24.3 Å². The molecule has 29 heavy (non-hydrogen) atoms. The van der Waals surface area contributed by atoms with Crippen LogP contribution in [-0.2, 0) is 11.3 Å². The molecule has 0 spiro atoms. The second-order valence-corrected chi connectivity index (χ2v) is 6.51. The van der Waals surface area contributed by atoms with E-state index in [1.54, 1.807) is 12.1 Å². The third kappa shape index (κ3) is 5.07. The molecule has 0 radical (unpaired) electrons. The van der Waals surface area contributed by atoms with Crippen molar-refractivity contribution in [1.82, 2.24) is 9.55 Å². The third-order valence-electron chi connectivity index (χ3n) is 4.61. The van der Waals surface area contributed by atoms with Crippen LogP contribution in [0, 0.1) is 5.82 Å². The topological polar surface area (TPSA) is 67.2 Å². The van der Waals surface area contributed by atoms with Crippen molar-refractivity contribution in [3.63, 3.8) is 0 Å². The zero-order valence-electron chi connectivity index (χ0n) is 16.4. The van der Waals surface area contributed by atoms with E-state index < -0.39 is 0 Å². The first kappa shape index (κ1) is 20.3. The molecular formula is C22H23FN4O2. The van der Waals surface area contributed by atoms with Gasteiger partial charge in [0.15, 0.2) is 0 Å². The Balaban J connectivity index is 1.66. The van der Waals surface area contributed by atoms with E-state index in [0.29, 0.717) is 16.9 Å². The van der Waals surface area contributed by atoms with Gasteiger partial charge in [0.2, 0.25) is 5.91 Å². The van der Waals surface area contributed by atoms with E-state index >= 15 is 0 Å². The lowest BCUT2D eigenvalue weighted by atomic mass is 10.1. The van der Waals surface area contributed by atoms with Crippen molar-refractivity contribution in [2.75, 3.05) is 23.3 Å². The molecule has 0 aliphatic rings. The molecule has 2 aromatic carbocycles. The molecular weight excluding hydrogens is 371 g/mol. The van der Waals surface area contributed by atoms with Gasteiger partial charge in [-0.3, -0.25) is 14.2 Å². The maximum Gasteiger partial charge on any atom is 0.254 e. The molecule has 1 heterocycles. The highest BCUT2D eigenvalue weighted by Crippen LogP contribution is 2.18. The SMILES string of the molecule is CCN(CC)c1ccc(NC(=O)Cn2cnc(-c3ccc(F)cc3)cc2=O)cc1. The molecule has 0 saturated heterocycles. The van der Waals surface area contributed by atoms with Crippen LogP contribution in [0.3, 0.4) is 0 Å². The Morgan fingerprint density at radius 2 is 1.72 bits per heavy atom. The molecule has 0 aliphatic heterocycles. The Labute approximate surface area is 168 Å². The monoisotopic (exact) mass is 394 g/mol. The van der Waals surface area contributed by atoms with E-state index in [4.69, 9.17) is 0 Å². The van der Waals surface area contributed by atoms with Gasteiger partial charge in [0, 0.05) is 36.1 Å². The number of benzene rings is 2. The first-order valence-corrected chi connectivity index (χ1v) is 9.47. The summed E-state index contributed by atoms with van der Waals surface area (Å²) in [6.07, 6.45) is 1.32. The maximum absolute atomic E-state index is 13.0. The van der Waals surface area contributed by atoms with E-state index in [1.165, 1.54) is 29.1 Å². The van der Waals surface area contributed by atoms with Gasteiger partial charge < -0.3 is 10.2 Å². The minimum absolute atomic E-state index is 0.146. The first-order chi connectivity index (χ1) is 14.0. The van der Waals surface area contributed by atoms with Crippen molar-refractivity contribution >= 4 is 17.3 Å². The Kier molecular flexibility index (Phi) is 6.39. The minimum atomic E-state index is -0.358. The van der Waals surface area contributed by atoms with Gasteiger partial charge in [0.1, 0.15) is 12.4 Å². The Bertz CT molecular complexity index is 1030. The first-order valence-electron chi connectivity index (χ1n) is 9.47. The Morgan fingerprint density at radius 3 is 2.31 bits per heavy atom. The molecule has 1 N–H and O–H groups in total. The number of nitrogens with one attached hydrogen (secondary N) is 1. The van der Waals surface area contributed by atoms with Gasteiger partial charge in [-0.1, -0.05) is 0 Å². The zero-order valence-corrected chi connectivity index (χ0v) is 16.4. The Hall–Kier alpha value is -3.48. The van der Waals surface area contributed by atoms with E-state index in [2.05, 4.69) is 29.0 Å². The number of rotatable bonds is 7. The fourth-order valence-electron chi connectivity index (χ4n) is 3.02. The molecule has 0 aliphatic carbocycles. The number of halogens is 1. The number of nitrogens with zero attached hydrogens (tertiary/aromatic N) is 3. The zero-order chi connectivity index (χ0) is 20.8. The van der Waals surface area contributed by atoms with E-state index in [-0.39, 0.29) is 23.8 Å². The van der Waals surface area contributed by atoms with Crippen molar-refractivity contribution < 1.29 is 9.18 Å². The number of anilines is 2. The molecule has 0 bridgehead atoms. The fraction of sp³-hybridized carbons (Fsp3) is 0.227. The largest absolute Gasteiger partial charge is 0.372 e. The second kappa shape index (κ2) is 9.14. The number of amides is 1. The van der Waals surface area contributed by atoms with Crippen LogP contribution in [0.15, 0.2) is 65.7 Å².